The van der Waals surface area contributed by atoms with Gasteiger partial charge in [0.2, 0.25) is 0 Å². The zero-order valence-corrected chi connectivity index (χ0v) is 14.1. The van der Waals surface area contributed by atoms with Gasteiger partial charge in [-0.05, 0) is 40.3 Å². The van der Waals surface area contributed by atoms with Crippen LogP contribution in [-0.2, 0) is 0 Å². The molecule has 1 aliphatic rings. The van der Waals surface area contributed by atoms with Crippen LogP contribution in [0.2, 0.25) is 0 Å². The van der Waals surface area contributed by atoms with Gasteiger partial charge in [-0.3, -0.25) is 0 Å². The van der Waals surface area contributed by atoms with Gasteiger partial charge in [-0.2, -0.15) is 34.9 Å². The summed E-state index contributed by atoms with van der Waals surface area (Å²) < 4.78 is 1.26. The van der Waals surface area contributed by atoms with E-state index in [1.165, 1.54) is 28.0 Å². The number of thioether (sulfide) groups is 2. The Morgan fingerprint density at radius 3 is 2.76 bits per heavy atom. The van der Waals surface area contributed by atoms with Gasteiger partial charge in [0, 0.05) is 37.9 Å². The molecule has 1 aromatic rings. The Morgan fingerprint density at radius 1 is 1.41 bits per heavy atom. The standard InChI is InChI=1S/C12H18BrNS3/c1-3-10-12(17-5-4-16-10)11(14-2)8-6-15-7-9(8)13/h6-7,10-12,14H,3-5H2,1-2H3. The molecule has 1 N–H and O–H groups in total. The van der Waals surface area contributed by atoms with Crippen LogP contribution in [0, 0.1) is 0 Å². The zero-order valence-electron chi connectivity index (χ0n) is 10.1. The van der Waals surface area contributed by atoms with Crippen molar-refractivity contribution in [2.45, 2.75) is 29.9 Å². The highest BCUT2D eigenvalue weighted by atomic mass is 79.9. The van der Waals surface area contributed by atoms with Crippen LogP contribution in [0.15, 0.2) is 15.2 Å². The van der Waals surface area contributed by atoms with Crippen molar-refractivity contribution >= 4 is 50.8 Å². The average molecular weight is 352 g/mol. The summed E-state index contributed by atoms with van der Waals surface area (Å²) in [5.74, 6) is 2.59. The van der Waals surface area contributed by atoms with Crippen LogP contribution >= 0.6 is 50.8 Å². The fourth-order valence-electron chi connectivity index (χ4n) is 2.26. The number of hydrogen-bond acceptors (Lipinski definition) is 4. The molecule has 0 amide bonds. The van der Waals surface area contributed by atoms with Crippen molar-refractivity contribution in [1.29, 1.82) is 0 Å². The molecule has 0 saturated carbocycles. The molecule has 3 unspecified atom stereocenters. The van der Waals surface area contributed by atoms with Gasteiger partial charge in [0.15, 0.2) is 0 Å². The number of nitrogens with one attached hydrogen (secondary N) is 1. The van der Waals surface area contributed by atoms with Gasteiger partial charge in [-0.1, -0.05) is 6.92 Å². The van der Waals surface area contributed by atoms with Crippen molar-refractivity contribution in [2.24, 2.45) is 0 Å². The summed E-state index contributed by atoms with van der Waals surface area (Å²) in [5.41, 5.74) is 1.43. The molecule has 2 heterocycles. The Labute approximate surface area is 125 Å². The van der Waals surface area contributed by atoms with Crippen LogP contribution in [-0.4, -0.2) is 29.1 Å². The van der Waals surface area contributed by atoms with Crippen LogP contribution < -0.4 is 5.32 Å². The minimum absolute atomic E-state index is 0.471. The smallest absolute Gasteiger partial charge is 0.0468 e. The van der Waals surface area contributed by atoms with Gasteiger partial charge in [-0.15, -0.1) is 0 Å². The lowest BCUT2D eigenvalue weighted by molar-refractivity contribution is 0.543. The fraction of sp³-hybridized carbons (Fsp3) is 0.667. The minimum atomic E-state index is 0.471. The Morgan fingerprint density at radius 2 is 2.18 bits per heavy atom. The first-order valence-corrected chi connectivity index (χ1v) is 9.73. The van der Waals surface area contributed by atoms with Gasteiger partial charge in [0.25, 0.3) is 0 Å². The van der Waals surface area contributed by atoms with Crippen LogP contribution in [0.25, 0.3) is 0 Å². The van der Waals surface area contributed by atoms with Crippen molar-refractivity contribution in [1.82, 2.24) is 5.32 Å². The summed E-state index contributed by atoms with van der Waals surface area (Å²) in [5, 5.41) is 9.44. The summed E-state index contributed by atoms with van der Waals surface area (Å²) in [6.07, 6.45) is 1.27. The Kier molecular flexibility index (Phi) is 5.74. The van der Waals surface area contributed by atoms with E-state index in [0.717, 1.165) is 5.25 Å². The summed E-state index contributed by atoms with van der Waals surface area (Å²) in [6, 6.07) is 0.471. The maximum absolute atomic E-state index is 3.67. The molecule has 1 aliphatic heterocycles. The van der Waals surface area contributed by atoms with E-state index in [1.54, 1.807) is 11.3 Å². The largest absolute Gasteiger partial charge is 0.312 e. The zero-order chi connectivity index (χ0) is 12.3. The van der Waals surface area contributed by atoms with Crippen molar-refractivity contribution in [2.75, 3.05) is 18.6 Å². The molecule has 3 atom stereocenters. The third-order valence-electron chi connectivity index (χ3n) is 3.11. The second-order valence-corrected chi connectivity index (χ2v) is 8.33. The normalized spacial score (nSPS) is 27.0. The highest BCUT2D eigenvalue weighted by molar-refractivity contribution is 9.10. The topological polar surface area (TPSA) is 12.0 Å². The number of thiophene rings is 1. The Balaban J connectivity index is 2.19. The monoisotopic (exact) mass is 351 g/mol. The molecule has 0 bridgehead atoms. The van der Waals surface area contributed by atoms with Gasteiger partial charge in [0.1, 0.15) is 0 Å². The van der Waals surface area contributed by atoms with Gasteiger partial charge < -0.3 is 5.32 Å². The highest BCUT2D eigenvalue weighted by Gasteiger charge is 2.33. The van der Waals surface area contributed by atoms with E-state index in [2.05, 4.69) is 69.5 Å². The molecule has 0 radical (unpaired) electrons. The number of halogens is 1. The second kappa shape index (κ2) is 6.85. The first-order chi connectivity index (χ1) is 8.27. The molecule has 96 valence electrons. The molecule has 17 heavy (non-hydrogen) atoms. The molecule has 1 saturated heterocycles. The van der Waals surface area contributed by atoms with E-state index in [-0.39, 0.29) is 0 Å². The van der Waals surface area contributed by atoms with E-state index in [1.807, 2.05) is 0 Å². The van der Waals surface area contributed by atoms with Gasteiger partial charge in [0.05, 0.1) is 0 Å². The highest BCUT2D eigenvalue weighted by Crippen LogP contribution is 2.42. The maximum atomic E-state index is 3.67. The van der Waals surface area contributed by atoms with Crippen LogP contribution in [0.3, 0.4) is 0 Å². The van der Waals surface area contributed by atoms with Gasteiger partial charge >= 0.3 is 0 Å². The lowest BCUT2D eigenvalue weighted by Gasteiger charge is -2.35. The lowest BCUT2D eigenvalue weighted by atomic mass is 10.0. The summed E-state index contributed by atoms with van der Waals surface area (Å²) >= 11 is 9.73. The fourth-order valence-corrected chi connectivity index (χ4v) is 7.12. The average Bonchev–Trinajstić information content (AvgIpc) is 2.78. The van der Waals surface area contributed by atoms with Crippen LogP contribution in [0.5, 0.6) is 0 Å². The molecule has 0 spiro atoms. The molecule has 0 aliphatic carbocycles. The predicted molar refractivity (Wildman–Crippen MR) is 86.6 cm³/mol. The Hall–Kier alpha value is 0.840. The lowest BCUT2D eigenvalue weighted by Crippen LogP contribution is -2.37. The Bertz CT molecular complexity index is 355. The van der Waals surface area contributed by atoms with E-state index in [4.69, 9.17) is 0 Å². The number of hydrogen-bond donors (Lipinski definition) is 1. The molecule has 2 rings (SSSR count). The van der Waals surface area contributed by atoms with Crippen LogP contribution in [0.4, 0.5) is 0 Å². The molecular weight excluding hydrogens is 334 g/mol. The second-order valence-electron chi connectivity index (χ2n) is 4.09. The van der Waals surface area contributed by atoms with Crippen molar-refractivity contribution < 1.29 is 0 Å². The SMILES string of the molecule is CCC1SCCSC1C(NC)c1cscc1Br. The van der Waals surface area contributed by atoms with Crippen molar-refractivity contribution in [3.8, 4) is 0 Å². The molecule has 5 heteroatoms. The molecule has 1 nitrogen and oxygen atoms in total. The summed E-state index contributed by atoms with van der Waals surface area (Å²) in [4.78, 5) is 0. The quantitative estimate of drug-likeness (QED) is 0.863. The number of rotatable bonds is 4. The maximum Gasteiger partial charge on any atom is 0.0468 e. The van der Waals surface area contributed by atoms with E-state index >= 15 is 0 Å². The molecule has 0 aromatic carbocycles. The molecule has 1 fully saturated rings. The van der Waals surface area contributed by atoms with E-state index < -0.39 is 0 Å². The summed E-state index contributed by atoms with van der Waals surface area (Å²) in [6.45, 7) is 2.31. The van der Waals surface area contributed by atoms with Gasteiger partial charge in [-0.25, -0.2) is 0 Å². The van der Waals surface area contributed by atoms with Crippen molar-refractivity contribution in [3.05, 3.63) is 20.8 Å². The first kappa shape index (κ1) is 14.3. The molecular formula is C12H18BrNS3. The third kappa shape index (κ3) is 3.24. The van der Waals surface area contributed by atoms with E-state index in [9.17, 15) is 0 Å². The molecule has 1 aromatic heterocycles. The summed E-state index contributed by atoms with van der Waals surface area (Å²) in [7, 11) is 2.08. The van der Waals surface area contributed by atoms with E-state index in [0.29, 0.717) is 11.3 Å². The first-order valence-electron chi connectivity index (χ1n) is 5.90. The minimum Gasteiger partial charge on any atom is -0.312 e. The predicted octanol–water partition coefficient (Wildman–Crippen LogP) is 4.40. The third-order valence-corrected chi connectivity index (χ3v) is 8.21. The van der Waals surface area contributed by atoms with Crippen LogP contribution in [0.1, 0.15) is 24.9 Å². The van der Waals surface area contributed by atoms with Crippen molar-refractivity contribution in [3.63, 3.8) is 0 Å².